The standard InChI is InChI=1S/C11H9Br2N5O3/c1-4-10(15-11(21)18-16-4)17-14-3-5-2-6(12)9(20)7(13)8(5)19/h2-3,19-20H,1H3,(H2,15,17,18,21)/b14-3-. The van der Waals surface area contributed by atoms with Crippen LogP contribution in [-0.4, -0.2) is 31.6 Å². The molecule has 0 amide bonds. The van der Waals surface area contributed by atoms with E-state index in [0.29, 0.717) is 15.7 Å². The van der Waals surface area contributed by atoms with Crippen molar-refractivity contribution in [1.29, 1.82) is 0 Å². The molecule has 1 heterocycles. The summed E-state index contributed by atoms with van der Waals surface area (Å²) in [6.45, 7) is 1.64. The van der Waals surface area contributed by atoms with Crippen LogP contribution in [0.15, 0.2) is 24.9 Å². The van der Waals surface area contributed by atoms with Gasteiger partial charge in [-0.2, -0.15) is 15.2 Å². The smallest absolute Gasteiger partial charge is 0.363 e. The van der Waals surface area contributed by atoms with Crippen molar-refractivity contribution in [2.75, 3.05) is 5.43 Å². The molecule has 10 heteroatoms. The second kappa shape index (κ2) is 6.22. The van der Waals surface area contributed by atoms with E-state index in [-0.39, 0.29) is 21.8 Å². The van der Waals surface area contributed by atoms with E-state index >= 15 is 0 Å². The van der Waals surface area contributed by atoms with E-state index in [0.717, 1.165) is 0 Å². The molecule has 2 aromatic rings. The summed E-state index contributed by atoms with van der Waals surface area (Å²) in [5, 5.41) is 29.3. The van der Waals surface area contributed by atoms with E-state index in [1.165, 1.54) is 12.3 Å². The summed E-state index contributed by atoms with van der Waals surface area (Å²) in [6, 6.07) is 1.48. The largest absolute Gasteiger partial charge is 0.506 e. The molecule has 0 saturated heterocycles. The molecule has 110 valence electrons. The third-order valence-electron chi connectivity index (χ3n) is 2.45. The molecule has 0 bridgehead atoms. The number of rotatable bonds is 3. The zero-order valence-corrected chi connectivity index (χ0v) is 13.7. The van der Waals surface area contributed by atoms with Gasteiger partial charge in [0.1, 0.15) is 21.7 Å². The normalized spacial score (nSPS) is 11.0. The Hall–Kier alpha value is -1.94. The lowest BCUT2D eigenvalue weighted by Crippen LogP contribution is -2.15. The van der Waals surface area contributed by atoms with Crippen molar-refractivity contribution in [1.82, 2.24) is 15.2 Å². The summed E-state index contributed by atoms with van der Waals surface area (Å²) in [7, 11) is 0. The molecule has 1 aromatic carbocycles. The first-order valence-corrected chi connectivity index (χ1v) is 7.11. The zero-order valence-electron chi connectivity index (χ0n) is 10.6. The number of phenols is 2. The number of aromatic amines is 1. The predicted octanol–water partition coefficient (Wildman–Crippen LogP) is 1.86. The number of H-pyrrole nitrogens is 1. The number of aryl methyl sites for hydroxylation is 1. The van der Waals surface area contributed by atoms with Crippen LogP contribution >= 0.6 is 31.9 Å². The average molecular weight is 419 g/mol. The number of nitrogens with zero attached hydrogens (tertiary/aromatic N) is 3. The minimum absolute atomic E-state index is 0.117. The molecule has 0 saturated carbocycles. The second-order valence-corrected chi connectivity index (χ2v) is 5.55. The van der Waals surface area contributed by atoms with E-state index < -0.39 is 5.69 Å². The molecule has 21 heavy (non-hydrogen) atoms. The number of halogens is 2. The minimum Gasteiger partial charge on any atom is -0.506 e. The van der Waals surface area contributed by atoms with E-state index in [2.05, 4.69) is 57.6 Å². The van der Waals surface area contributed by atoms with Crippen molar-refractivity contribution in [3.8, 4) is 11.5 Å². The molecule has 0 fully saturated rings. The van der Waals surface area contributed by atoms with E-state index in [1.54, 1.807) is 6.92 Å². The number of nitrogens with one attached hydrogen (secondary N) is 2. The molecular formula is C11H9Br2N5O3. The molecule has 0 atom stereocenters. The van der Waals surface area contributed by atoms with Gasteiger partial charge in [-0.15, -0.1) is 0 Å². The Labute approximate surface area is 135 Å². The number of benzene rings is 1. The van der Waals surface area contributed by atoms with Crippen molar-refractivity contribution in [3.63, 3.8) is 0 Å². The molecule has 4 N–H and O–H groups in total. The zero-order chi connectivity index (χ0) is 15.6. The van der Waals surface area contributed by atoms with Crippen LogP contribution in [0.2, 0.25) is 0 Å². The maximum absolute atomic E-state index is 11.1. The Morgan fingerprint density at radius 1 is 1.38 bits per heavy atom. The first-order valence-electron chi connectivity index (χ1n) is 5.52. The number of aromatic hydroxyl groups is 2. The number of hydrogen-bond acceptors (Lipinski definition) is 7. The summed E-state index contributed by atoms with van der Waals surface area (Å²) in [4.78, 5) is 14.7. The monoisotopic (exact) mass is 417 g/mol. The molecule has 0 aliphatic heterocycles. The highest BCUT2D eigenvalue weighted by atomic mass is 79.9. The van der Waals surface area contributed by atoms with E-state index in [9.17, 15) is 15.0 Å². The Bertz CT molecular complexity index is 775. The van der Waals surface area contributed by atoms with Gasteiger partial charge < -0.3 is 10.2 Å². The summed E-state index contributed by atoms with van der Waals surface area (Å²) < 4.78 is 0.534. The van der Waals surface area contributed by atoms with Gasteiger partial charge in [0.2, 0.25) is 0 Å². The Balaban J connectivity index is 2.26. The van der Waals surface area contributed by atoms with Crippen LogP contribution in [0.4, 0.5) is 5.82 Å². The maximum atomic E-state index is 11.1. The number of aromatic nitrogens is 3. The van der Waals surface area contributed by atoms with Crippen LogP contribution < -0.4 is 11.1 Å². The first kappa shape index (κ1) is 15.4. The van der Waals surface area contributed by atoms with E-state index in [1.807, 2.05) is 0 Å². The lowest BCUT2D eigenvalue weighted by Gasteiger charge is -2.06. The highest BCUT2D eigenvalue weighted by Crippen LogP contribution is 2.40. The molecule has 0 aliphatic rings. The lowest BCUT2D eigenvalue weighted by atomic mass is 10.2. The van der Waals surface area contributed by atoms with Crippen molar-refractivity contribution < 1.29 is 10.2 Å². The molecule has 0 unspecified atom stereocenters. The number of anilines is 1. The lowest BCUT2D eigenvalue weighted by molar-refractivity contribution is 0.442. The van der Waals surface area contributed by atoms with Gasteiger partial charge >= 0.3 is 5.69 Å². The number of hydrogen-bond donors (Lipinski definition) is 4. The predicted molar refractivity (Wildman–Crippen MR) is 83.8 cm³/mol. The summed E-state index contributed by atoms with van der Waals surface area (Å²) in [6.07, 6.45) is 1.31. The quantitative estimate of drug-likeness (QED) is 0.445. The van der Waals surface area contributed by atoms with Gasteiger partial charge in [-0.1, -0.05) is 0 Å². The topological polar surface area (TPSA) is 123 Å². The average Bonchev–Trinajstić information content (AvgIpc) is 2.45. The minimum atomic E-state index is -0.601. The summed E-state index contributed by atoms with van der Waals surface area (Å²) >= 11 is 6.21. The SMILES string of the molecule is Cc1n[nH]c(=O)nc1N/N=C\c1cc(Br)c(O)c(Br)c1O. The fourth-order valence-corrected chi connectivity index (χ4v) is 2.53. The van der Waals surface area contributed by atoms with Crippen molar-refractivity contribution in [3.05, 3.63) is 36.8 Å². The van der Waals surface area contributed by atoms with Crippen molar-refractivity contribution >= 4 is 43.9 Å². The van der Waals surface area contributed by atoms with Crippen LogP contribution in [0.25, 0.3) is 0 Å². The van der Waals surface area contributed by atoms with Crippen molar-refractivity contribution in [2.24, 2.45) is 5.10 Å². The number of hydrazone groups is 1. The fourth-order valence-electron chi connectivity index (χ4n) is 1.38. The van der Waals surface area contributed by atoms with Gasteiger partial charge in [0.15, 0.2) is 5.82 Å². The maximum Gasteiger partial charge on any atom is 0.363 e. The van der Waals surface area contributed by atoms with E-state index in [4.69, 9.17) is 0 Å². The highest BCUT2D eigenvalue weighted by molar-refractivity contribution is 9.11. The Kier molecular flexibility index (Phi) is 4.58. The van der Waals surface area contributed by atoms with Gasteiger partial charge in [0.05, 0.1) is 10.7 Å². The molecule has 2 rings (SSSR count). The molecule has 0 radical (unpaired) electrons. The van der Waals surface area contributed by atoms with Crippen LogP contribution in [0.1, 0.15) is 11.3 Å². The molecule has 0 aliphatic carbocycles. The van der Waals surface area contributed by atoms with Crippen LogP contribution in [0.5, 0.6) is 11.5 Å². The third-order valence-corrected chi connectivity index (χ3v) is 3.80. The summed E-state index contributed by atoms with van der Waals surface area (Å²) in [5.41, 5.74) is 2.76. The van der Waals surface area contributed by atoms with Gasteiger partial charge in [0.25, 0.3) is 0 Å². The summed E-state index contributed by atoms with van der Waals surface area (Å²) in [5.74, 6) is -0.0877. The van der Waals surface area contributed by atoms with Gasteiger partial charge in [-0.3, -0.25) is 5.43 Å². The molecule has 0 spiro atoms. The Morgan fingerprint density at radius 2 is 2.10 bits per heavy atom. The van der Waals surface area contributed by atoms with Crippen LogP contribution in [0, 0.1) is 6.92 Å². The third kappa shape index (κ3) is 3.39. The van der Waals surface area contributed by atoms with Crippen LogP contribution in [-0.2, 0) is 0 Å². The van der Waals surface area contributed by atoms with Gasteiger partial charge in [-0.25, -0.2) is 9.89 Å². The molecule has 8 nitrogen and oxygen atoms in total. The van der Waals surface area contributed by atoms with Crippen molar-refractivity contribution in [2.45, 2.75) is 6.92 Å². The van der Waals surface area contributed by atoms with Gasteiger partial charge in [-0.05, 0) is 44.8 Å². The fraction of sp³-hybridized carbons (Fsp3) is 0.0909. The number of phenolic OH excluding ortho intramolecular Hbond substituents is 2. The molecule has 1 aromatic heterocycles. The second-order valence-electron chi connectivity index (χ2n) is 3.90. The molecular weight excluding hydrogens is 410 g/mol. The highest BCUT2D eigenvalue weighted by Gasteiger charge is 2.12. The first-order chi connectivity index (χ1) is 9.90. The van der Waals surface area contributed by atoms with Gasteiger partial charge in [0, 0.05) is 5.56 Å². The Morgan fingerprint density at radius 3 is 2.81 bits per heavy atom. The van der Waals surface area contributed by atoms with Crippen LogP contribution in [0.3, 0.4) is 0 Å².